The van der Waals surface area contributed by atoms with Crippen molar-refractivity contribution >= 4 is 23.2 Å². The van der Waals surface area contributed by atoms with Gasteiger partial charge in [0.2, 0.25) is 5.91 Å². The monoisotopic (exact) mass is 508 g/mol. The molecule has 3 N–H and O–H groups in total. The number of aliphatic imine (C=N–C) groups is 1. The molecule has 1 aliphatic carbocycles. The third-order valence-electron chi connectivity index (χ3n) is 7.93. The van der Waals surface area contributed by atoms with Gasteiger partial charge in [-0.1, -0.05) is 48.6 Å². The summed E-state index contributed by atoms with van der Waals surface area (Å²) in [5.41, 5.74) is 5.94. The van der Waals surface area contributed by atoms with Crippen molar-refractivity contribution in [3.05, 3.63) is 89.3 Å². The van der Waals surface area contributed by atoms with Crippen molar-refractivity contribution < 1.29 is 4.79 Å². The van der Waals surface area contributed by atoms with Crippen molar-refractivity contribution in [2.75, 3.05) is 13.1 Å². The number of hydrogen-bond donors (Lipinski definition) is 3. The fraction of sp³-hybridized carbons (Fsp3) is 0.387. The first-order valence-corrected chi connectivity index (χ1v) is 13.9. The molecular weight excluding hydrogens is 472 g/mol. The van der Waals surface area contributed by atoms with Crippen LogP contribution in [0.15, 0.2) is 77.3 Å². The molecule has 3 atom stereocenters. The Morgan fingerprint density at radius 1 is 1.00 bits per heavy atom. The number of carbonyl (C=O) groups is 1. The molecule has 3 aliphatic rings. The number of allylic oxidation sites excluding steroid dienone is 1. The summed E-state index contributed by atoms with van der Waals surface area (Å²) in [6, 6.07) is 17.7. The normalized spacial score (nSPS) is 22.9. The molecule has 3 unspecified atom stereocenters. The summed E-state index contributed by atoms with van der Waals surface area (Å²) in [4.78, 5) is 27.6. The van der Waals surface area contributed by atoms with Gasteiger partial charge >= 0.3 is 0 Å². The van der Waals surface area contributed by atoms with E-state index in [9.17, 15) is 4.79 Å². The van der Waals surface area contributed by atoms with Crippen LogP contribution >= 0.6 is 0 Å². The van der Waals surface area contributed by atoms with Crippen molar-refractivity contribution in [3.8, 4) is 0 Å². The van der Waals surface area contributed by atoms with Gasteiger partial charge in [0.15, 0.2) is 0 Å². The Hall–Kier alpha value is -3.55. The van der Waals surface area contributed by atoms with Crippen molar-refractivity contribution in [3.63, 3.8) is 0 Å². The maximum Gasteiger partial charge on any atom is 0.224 e. The molecule has 1 amide bonds. The minimum atomic E-state index is 0.0868. The second-order valence-electron chi connectivity index (χ2n) is 10.7. The number of benzene rings is 2. The van der Waals surface area contributed by atoms with E-state index in [1.807, 2.05) is 24.4 Å². The third-order valence-corrected chi connectivity index (χ3v) is 7.93. The molecule has 7 heteroatoms. The summed E-state index contributed by atoms with van der Waals surface area (Å²) in [6.45, 7) is 3.92. The molecule has 3 heterocycles. The average Bonchev–Trinajstić information content (AvgIpc) is 3.37. The van der Waals surface area contributed by atoms with Gasteiger partial charge in [-0.15, -0.1) is 0 Å². The predicted octanol–water partition coefficient (Wildman–Crippen LogP) is 4.28. The van der Waals surface area contributed by atoms with Crippen LogP contribution in [-0.4, -0.2) is 52.2 Å². The van der Waals surface area contributed by atoms with Crippen LogP contribution in [0.2, 0.25) is 0 Å². The zero-order valence-corrected chi connectivity index (χ0v) is 21.8. The molecular formula is C31H36N6O. The van der Waals surface area contributed by atoms with Gasteiger partial charge in [0, 0.05) is 38.4 Å². The highest BCUT2D eigenvalue weighted by molar-refractivity contribution is 5.79. The Morgan fingerprint density at radius 2 is 1.87 bits per heavy atom. The maximum absolute atomic E-state index is 12.0. The quantitative estimate of drug-likeness (QED) is 0.403. The molecule has 0 bridgehead atoms. The number of fused-ring (bicyclic) bond motifs is 2. The number of dihydropyridines is 1. The molecule has 0 radical (unpaired) electrons. The lowest BCUT2D eigenvalue weighted by molar-refractivity contribution is -0.126. The van der Waals surface area contributed by atoms with Crippen LogP contribution in [0.1, 0.15) is 42.6 Å². The van der Waals surface area contributed by atoms with E-state index in [2.05, 4.69) is 74.1 Å². The summed E-state index contributed by atoms with van der Waals surface area (Å²) in [6.07, 6.45) is 12.8. The number of nitrogens with zero attached hydrogens (tertiary/aromatic N) is 3. The second-order valence-corrected chi connectivity index (χ2v) is 10.7. The molecule has 2 aliphatic heterocycles. The first-order valence-electron chi connectivity index (χ1n) is 13.9. The van der Waals surface area contributed by atoms with Gasteiger partial charge in [-0.2, -0.15) is 0 Å². The topological polar surface area (TPSA) is 85.4 Å². The van der Waals surface area contributed by atoms with Gasteiger partial charge in [0.1, 0.15) is 5.82 Å². The van der Waals surface area contributed by atoms with Crippen molar-refractivity contribution in [2.45, 2.75) is 57.4 Å². The molecule has 0 spiro atoms. The largest absolute Gasteiger partial charge is 0.356 e. The molecule has 0 saturated carbocycles. The number of amides is 1. The van der Waals surface area contributed by atoms with E-state index in [-0.39, 0.29) is 11.8 Å². The van der Waals surface area contributed by atoms with Gasteiger partial charge in [-0.05, 0) is 60.6 Å². The first kappa shape index (κ1) is 24.8. The lowest BCUT2D eigenvalue weighted by Crippen LogP contribution is -2.41. The Morgan fingerprint density at radius 3 is 2.74 bits per heavy atom. The summed E-state index contributed by atoms with van der Waals surface area (Å²) in [5, 5.41) is 6.44. The van der Waals surface area contributed by atoms with Crippen LogP contribution in [-0.2, 0) is 24.4 Å². The number of hydrogen-bond acceptors (Lipinski definition) is 5. The molecule has 7 nitrogen and oxygen atoms in total. The smallest absolute Gasteiger partial charge is 0.224 e. The van der Waals surface area contributed by atoms with Gasteiger partial charge in [-0.3, -0.25) is 14.7 Å². The van der Waals surface area contributed by atoms with Crippen molar-refractivity contribution in [2.24, 2.45) is 10.9 Å². The first-order chi connectivity index (χ1) is 18.7. The van der Waals surface area contributed by atoms with Gasteiger partial charge in [0.05, 0.1) is 29.5 Å². The highest BCUT2D eigenvalue weighted by Crippen LogP contribution is 2.29. The number of aromatic nitrogens is 2. The van der Waals surface area contributed by atoms with E-state index in [0.717, 1.165) is 75.3 Å². The van der Waals surface area contributed by atoms with E-state index in [1.54, 1.807) is 0 Å². The zero-order valence-electron chi connectivity index (χ0n) is 21.8. The van der Waals surface area contributed by atoms with Gasteiger partial charge in [0.25, 0.3) is 0 Å². The number of carbonyl (C=O) groups excluding carboxylic acids is 1. The summed E-state index contributed by atoms with van der Waals surface area (Å²) < 4.78 is 0. The van der Waals surface area contributed by atoms with Crippen LogP contribution in [0.5, 0.6) is 0 Å². The molecule has 1 fully saturated rings. The number of nitrogens with one attached hydrogen (secondary N) is 3. The van der Waals surface area contributed by atoms with Gasteiger partial charge < -0.3 is 15.6 Å². The minimum Gasteiger partial charge on any atom is -0.356 e. The minimum absolute atomic E-state index is 0.0868. The second kappa shape index (κ2) is 11.5. The number of para-hydroxylation sites is 2. The summed E-state index contributed by atoms with van der Waals surface area (Å²) in [7, 11) is 0. The SMILES string of the molecule is O=C1NCCCC1CNCc1ccc(CN(Cc2nc3ccccc3[nH]2)C2C=C3C=CC=NC3CC2)cc1. The van der Waals surface area contributed by atoms with Crippen LogP contribution in [0.3, 0.4) is 0 Å². The number of rotatable bonds is 9. The maximum atomic E-state index is 12.0. The summed E-state index contributed by atoms with van der Waals surface area (Å²) >= 11 is 0. The molecule has 3 aromatic rings. The van der Waals surface area contributed by atoms with E-state index in [1.165, 1.54) is 16.7 Å². The molecule has 38 heavy (non-hydrogen) atoms. The van der Waals surface area contributed by atoms with Crippen LogP contribution < -0.4 is 10.6 Å². The molecule has 196 valence electrons. The predicted molar refractivity (Wildman–Crippen MR) is 152 cm³/mol. The lowest BCUT2D eigenvalue weighted by atomic mass is 9.89. The number of H-pyrrole nitrogens is 1. The molecule has 1 saturated heterocycles. The Labute approximate surface area is 224 Å². The number of aromatic amines is 1. The lowest BCUT2D eigenvalue weighted by Gasteiger charge is -2.34. The Kier molecular flexibility index (Phi) is 7.47. The van der Waals surface area contributed by atoms with E-state index >= 15 is 0 Å². The van der Waals surface area contributed by atoms with E-state index in [4.69, 9.17) is 4.98 Å². The average molecular weight is 509 g/mol. The summed E-state index contributed by atoms with van der Waals surface area (Å²) in [5.74, 6) is 1.27. The van der Waals surface area contributed by atoms with Gasteiger partial charge in [-0.25, -0.2) is 4.98 Å². The third kappa shape index (κ3) is 5.79. The van der Waals surface area contributed by atoms with Crippen molar-refractivity contribution in [1.29, 1.82) is 0 Å². The standard InChI is InChI=1S/C31H36N6O/c38-31-25(6-4-16-34-31)19-32-18-22-9-11-23(12-10-22)20-37(21-30-35-28-7-1-2-8-29(28)36-30)26-13-14-27-24(17-26)5-3-15-33-27/h1-3,5,7-12,15,17,25-27,32H,4,6,13-14,16,18-21H2,(H,34,38)(H,35,36). The van der Waals surface area contributed by atoms with Crippen LogP contribution in [0.4, 0.5) is 0 Å². The highest BCUT2D eigenvalue weighted by Gasteiger charge is 2.27. The molecule has 6 rings (SSSR count). The number of piperidine rings is 1. The number of imidazole rings is 1. The zero-order chi connectivity index (χ0) is 25.7. The highest BCUT2D eigenvalue weighted by atomic mass is 16.1. The Balaban J connectivity index is 1.14. The fourth-order valence-corrected chi connectivity index (χ4v) is 5.82. The van der Waals surface area contributed by atoms with Crippen molar-refractivity contribution in [1.82, 2.24) is 25.5 Å². The van der Waals surface area contributed by atoms with E-state index < -0.39 is 0 Å². The molecule has 1 aromatic heterocycles. The van der Waals surface area contributed by atoms with E-state index in [0.29, 0.717) is 12.1 Å². The fourth-order valence-electron chi connectivity index (χ4n) is 5.82. The van der Waals surface area contributed by atoms with Crippen LogP contribution in [0, 0.1) is 5.92 Å². The molecule has 2 aromatic carbocycles. The Bertz CT molecular complexity index is 1320. The van der Waals surface area contributed by atoms with Crippen LogP contribution in [0.25, 0.3) is 11.0 Å².